The normalized spacial score (nSPS) is 18.4. The Bertz CT molecular complexity index is 994. The van der Waals surface area contributed by atoms with Gasteiger partial charge in [0.1, 0.15) is 11.6 Å². The van der Waals surface area contributed by atoms with Gasteiger partial charge in [0.15, 0.2) is 0 Å². The summed E-state index contributed by atoms with van der Waals surface area (Å²) in [6.45, 7) is 2.49. The second kappa shape index (κ2) is 10.2. The summed E-state index contributed by atoms with van der Waals surface area (Å²) in [6, 6.07) is 8.63. The molecule has 1 aliphatic carbocycles. The van der Waals surface area contributed by atoms with Crippen molar-refractivity contribution in [3.05, 3.63) is 70.3 Å². The molecule has 0 bridgehead atoms. The zero-order valence-corrected chi connectivity index (χ0v) is 18.8. The molecule has 0 aliphatic heterocycles. The molecular weight excluding hydrogens is 420 g/mol. The molecule has 0 aromatic heterocycles. The molecule has 1 unspecified atom stereocenters. The lowest BCUT2D eigenvalue weighted by atomic mass is 9.86. The highest BCUT2D eigenvalue weighted by atomic mass is 32.2. The van der Waals surface area contributed by atoms with E-state index in [4.69, 9.17) is 5.73 Å². The molecule has 1 aliphatic rings. The molecule has 2 aromatic carbocycles. The Morgan fingerprint density at radius 3 is 2.48 bits per heavy atom. The van der Waals surface area contributed by atoms with Gasteiger partial charge >= 0.3 is 0 Å². The Hall–Kier alpha value is -1.87. The first-order valence-corrected chi connectivity index (χ1v) is 12.6. The van der Waals surface area contributed by atoms with Gasteiger partial charge in [-0.25, -0.2) is 21.9 Å². The van der Waals surface area contributed by atoms with Gasteiger partial charge in [-0.3, -0.25) is 0 Å². The van der Waals surface area contributed by atoms with Gasteiger partial charge in [-0.1, -0.05) is 25.1 Å². The topological polar surface area (TPSA) is 84.2 Å². The quantitative estimate of drug-likeness (QED) is 0.547. The highest BCUT2D eigenvalue weighted by Crippen LogP contribution is 2.30. The third-order valence-corrected chi connectivity index (χ3v) is 6.52. The highest BCUT2D eigenvalue weighted by molar-refractivity contribution is 7.88. The second-order valence-electron chi connectivity index (χ2n) is 8.38. The molecule has 0 saturated heterocycles. The first-order chi connectivity index (χ1) is 14.6. The number of nitrogens with one attached hydrogen (secondary N) is 2. The predicted molar refractivity (Wildman–Crippen MR) is 119 cm³/mol. The molecule has 0 spiro atoms. The standard InChI is InChI=1S/C23H31F2N3O2S/c1-3-15-7-8-17-5-4-6-22(20(17)11-15)27-14-21(26)23(28-31(2,29)30)12-16-9-18(24)13-19(25)10-16/h7-11,13,21-23,27-28H,3-6,12,14,26H2,1-2H3/t21-,22-,23?/m1/s1. The molecular formula is C23H31F2N3O2S. The number of nitrogens with two attached hydrogens (primary N) is 1. The number of aryl methyl sites for hydroxylation is 2. The summed E-state index contributed by atoms with van der Waals surface area (Å²) in [5.74, 6) is -1.41. The highest BCUT2D eigenvalue weighted by Gasteiger charge is 2.25. The maximum absolute atomic E-state index is 13.6. The van der Waals surface area contributed by atoms with Crippen LogP contribution in [0.4, 0.5) is 8.78 Å². The Labute approximate surface area is 183 Å². The fourth-order valence-corrected chi connectivity index (χ4v) is 5.05. The van der Waals surface area contributed by atoms with Crippen molar-refractivity contribution >= 4 is 10.0 Å². The van der Waals surface area contributed by atoms with Crippen LogP contribution in [-0.2, 0) is 29.3 Å². The number of rotatable bonds is 9. The molecule has 0 heterocycles. The van der Waals surface area contributed by atoms with Crippen LogP contribution >= 0.6 is 0 Å². The van der Waals surface area contributed by atoms with E-state index in [0.717, 1.165) is 38.0 Å². The molecule has 170 valence electrons. The van der Waals surface area contributed by atoms with Crippen molar-refractivity contribution in [1.29, 1.82) is 0 Å². The molecule has 3 rings (SSSR count). The molecule has 0 fully saturated rings. The van der Waals surface area contributed by atoms with Crippen LogP contribution in [0, 0.1) is 11.6 Å². The summed E-state index contributed by atoms with van der Waals surface area (Å²) in [4.78, 5) is 0. The summed E-state index contributed by atoms with van der Waals surface area (Å²) >= 11 is 0. The summed E-state index contributed by atoms with van der Waals surface area (Å²) in [6.07, 6.45) is 5.20. The minimum Gasteiger partial charge on any atom is -0.325 e. The van der Waals surface area contributed by atoms with Crippen molar-refractivity contribution in [3.63, 3.8) is 0 Å². The van der Waals surface area contributed by atoms with Gasteiger partial charge in [-0.05, 0) is 66.5 Å². The summed E-state index contributed by atoms with van der Waals surface area (Å²) in [7, 11) is -3.55. The molecule has 2 aromatic rings. The van der Waals surface area contributed by atoms with E-state index in [1.54, 1.807) is 0 Å². The smallest absolute Gasteiger partial charge is 0.209 e. The Morgan fingerprint density at radius 1 is 1.13 bits per heavy atom. The van der Waals surface area contributed by atoms with Crippen LogP contribution in [0.2, 0.25) is 0 Å². The summed E-state index contributed by atoms with van der Waals surface area (Å²) in [5, 5.41) is 3.50. The number of hydrogen-bond acceptors (Lipinski definition) is 4. The molecule has 0 amide bonds. The van der Waals surface area contributed by atoms with E-state index in [9.17, 15) is 17.2 Å². The van der Waals surface area contributed by atoms with Gasteiger partial charge in [0.05, 0.1) is 6.26 Å². The first kappa shape index (κ1) is 23.8. The Morgan fingerprint density at radius 2 is 1.84 bits per heavy atom. The van der Waals surface area contributed by atoms with Crippen LogP contribution in [0.25, 0.3) is 0 Å². The van der Waals surface area contributed by atoms with Crippen LogP contribution in [0.1, 0.15) is 48.1 Å². The SMILES string of the molecule is CCc1ccc2c(c1)[C@H](NC[C@@H](N)C(Cc1cc(F)cc(F)c1)NS(C)(=O)=O)CCC2. The van der Waals surface area contributed by atoms with Crippen LogP contribution < -0.4 is 15.8 Å². The van der Waals surface area contributed by atoms with Gasteiger partial charge in [0.2, 0.25) is 10.0 Å². The average molecular weight is 452 g/mol. The van der Waals surface area contributed by atoms with Gasteiger partial charge in [-0.2, -0.15) is 0 Å². The lowest BCUT2D eigenvalue weighted by Gasteiger charge is -2.30. The average Bonchev–Trinajstić information content (AvgIpc) is 2.69. The molecule has 5 nitrogen and oxygen atoms in total. The predicted octanol–water partition coefficient (Wildman–Crippen LogP) is 2.98. The third kappa shape index (κ3) is 6.80. The number of sulfonamides is 1. The molecule has 4 N–H and O–H groups in total. The second-order valence-corrected chi connectivity index (χ2v) is 10.2. The molecule has 31 heavy (non-hydrogen) atoms. The fraction of sp³-hybridized carbons (Fsp3) is 0.478. The lowest BCUT2D eigenvalue weighted by molar-refractivity contribution is 0.398. The van der Waals surface area contributed by atoms with E-state index in [-0.39, 0.29) is 12.5 Å². The molecule has 0 saturated carbocycles. The zero-order valence-electron chi connectivity index (χ0n) is 18.0. The minimum atomic E-state index is -3.55. The van der Waals surface area contributed by atoms with E-state index in [1.165, 1.54) is 28.8 Å². The van der Waals surface area contributed by atoms with Crippen LogP contribution in [0.15, 0.2) is 36.4 Å². The van der Waals surface area contributed by atoms with Crippen LogP contribution in [-0.4, -0.2) is 33.3 Å². The zero-order chi connectivity index (χ0) is 22.6. The summed E-state index contributed by atoms with van der Waals surface area (Å²) < 4.78 is 53.5. The monoisotopic (exact) mass is 451 g/mol. The number of benzene rings is 2. The van der Waals surface area contributed by atoms with E-state index in [1.807, 2.05) is 0 Å². The van der Waals surface area contributed by atoms with Crippen molar-refractivity contribution < 1.29 is 17.2 Å². The fourth-order valence-electron chi connectivity index (χ4n) is 4.24. The Balaban J connectivity index is 1.73. The van der Waals surface area contributed by atoms with Crippen LogP contribution in [0.3, 0.4) is 0 Å². The van der Waals surface area contributed by atoms with E-state index >= 15 is 0 Å². The van der Waals surface area contributed by atoms with Crippen molar-refractivity contribution in [1.82, 2.24) is 10.0 Å². The molecule has 8 heteroatoms. The maximum atomic E-state index is 13.6. The lowest BCUT2D eigenvalue weighted by Crippen LogP contribution is -2.53. The molecule has 3 atom stereocenters. The summed E-state index contributed by atoms with van der Waals surface area (Å²) in [5.41, 5.74) is 10.6. The van der Waals surface area contributed by atoms with Gasteiger partial charge in [-0.15, -0.1) is 0 Å². The van der Waals surface area contributed by atoms with Crippen molar-refractivity contribution in [2.24, 2.45) is 5.73 Å². The van der Waals surface area contributed by atoms with Gasteiger partial charge in [0.25, 0.3) is 0 Å². The largest absolute Gasteiger partial charge is 0.325 e. The van der Waals surface area contributed by atoms with Crippen LogP contribution in [0.5, 0.6) is 0 Å². The van der Waals surface area contributed by atoms with Crippen molar-refractivity contribution in [3.8, 4) is 0 Å². The van der Waals surface area contributed by atoms with E-state index in [0.29, 0.717) is 12.1 Å². The Kier molecular flexibility index (Phi) is 7.80. The third-order valence-electron chi connectivity index (χ3n) is 5.79. The minimum absolute atomic E-state index is 0.0891. The van der Waals surface area contributed by atoms with Crippen molar-refractivity contribution in [2.45, 2.75) is 57.2 Å². The number of hydrogen-bond donors (Lipinski definition) is 3. The van der Waals surface area contributed by atoms with E-state index in [2.05, 4.69) is 35.2 Å². The van der Waals surface area contributed by atoms with Gasteiger partial charge < -0.3 is 11.1 Å². The van der Waals surface area contributed by atoms with Crippen molar-refractivity contribution in [2.75, 3.05) is 12.8 Å². The van der Waals surface area contributed by atoms with E-state index < -0.39 is 33.7 Å². The number of halogens is 2. The number of fused-ring (bicyclic) bond motifs is 1. The first-order valence-electron chi connectivity index (χ1n) is 10.7. The maximum Gasteiger partial charge on any atom is 0.209 e. The van der Waals surface area contributed by atoms with Gasteiger partial charge in [0, 0.05) is 30.7 Å². The molecule has 0 radical (unpaired) electrons.